The van der Waals surface area contributed by atoms with Crippen LogP contribution in [0.2, 0.25) is 10.3 Å². The average molecular weight is 338 g/mol. The Morgan fingerprint density at radius 2 is 1.95 bits per heavy atom. The van der Waals surface area contributed by atoms with E-state index in [2.05, 4.69) is 16.6 Å². The smallest absolute Gasteiger partial charge is 0.268 e. The lowest BCUT2D eigenvalue weighted by molar-refractivity contribution is 0.289. The summed E-state index contributed by atoms with van der Waals surface area (Å²) in [5.41, 5.74) is 0.929. The largest absolute Gasteiger partial charge is 0.301 e. The molecule has 1 fully saturated rings. The van der Waals surface area contributed by atoms with Crippen LogP contribution in [-0.4, -0.2) is 30.8 Å². The predicted molar refractivity (Wildman–Crippen MR) is 81.5 cm³/mol. The zero-order chi connectivity index (χ0) is 14.9. The second-order valence-corrected chi connectivity index (χ2v) is 7.53. The summed E-state index contributed by atoms with van der Waals surface area (Å²) < 4.78 is 28.6. The van der Waals surface area contributed by atoms with Gasteiger partial charge in [-0.2, -0.15) is 12.7 Å². The molecule has 112 valence electrons. The van der Waals surface area contributed by atoms with E-state index in [0.29, 0.717) is 24.6 Å². The molecule has 2 heterocycles. The third kappa shape index (κ3) is 3.55. The lowest BCUT2D eigenvalue weighted by Gasteiger charge is -2.29. The van der Waals surface area contributed by atoms with Crippen molar-refractivity contribution in [2.75, 3.05) is 17.8 Å². The number of aromatic nitrogens is 1. The molecular formula is C12H17Cl2N3O2S. The van der Waals surface area contributed by atoms with E-state index in [4.69, 9.17) is 23.2 Å². The van der Waals surface area contributed by atoms with Gasteiger partial charge in [-0.05, 0) is 37.3 Å². The summed E-state index contributed by atoms with van der Waals surface area (Å²) >= 11 is 11.7. The minimum absolute atomic E-state index is 0.0592. The number of hydrogen-bond donors (Lipinski definition) is 1. The van der Waals surface area contributed by atoms with Gasteiger partial charge in [0.15, 0.2) is 5.15 Å². The number of hydrogen-bond acceptors (Lipinski definition) is 3. The summed E-state index contributed by atoms with van der Waals surface area (Å²) in [6.45, 7) is 4.90. The molecule has 2 rings (SSSR count). The fraction of sp³-hybridized carbons (Fsp3) is 0.583. The summed E-state index contributed by atoms with van der Waals surface area (Å²) in [4.78, 5) is 3.86. The molecule has 0 bridgehead atoms. The quantitative estimate of drug-likeness (QED) is 0.862. The highest BCUT2D eigenvalue weighted by Gasteiger charge is 2.27. The average Bonchev–Trinajstić information content (AvgIpc) is 2.34. The maximum atomic E-state index is 12.3. The first kappa shape index (κ1) is 15.8. The molecule has 0 unspecified atom stereocenters. The zero-order valence-corrected chi connectivity index (χ0v) is 13.7. The topological polar surface area (TPSA) is 62.3 Å². The second kappa shape index (κ2) is 6.05. The molecule has 1 aromatic rings. The second-order valence-electron chi connectivity index (χ2n) is 5.12. The summed E-state index contributed by atoms with van der Waals surface area (Å²) in [5.74, 6) is 0.559. The van der Waals surface area contributed by atoms with Crippen LogP contribution in [0.25, 0.3) is 0 Å². The van der Waals surface area contributed by atoms with Crippen LogP contribution >= 0.6 is 23.2 Å². The SMILES string of the molecule is Cc1cc(Cl)nc(Cl)c1NS(=O)(=O)N1CCC(C)CC1. The van der Waals surface area contributed by atoms with Crippen LogP contribution in [0.4, 0.5) is 5.69 Å². The van der Waals surface area contributed by atoms with Gasteiger partial charge in [0.25, 0.3) is 0 Å². The van der Waals surface area contributed by atoms with Gasteiger partial charge in [-0.1, -0.05) is 30.1 Å². The minimum atomic E-state index is -3.60. The lowest BCUT2D eigenvalue weighted by atomic mass is 10.0. The van der Waals surface area contributed by atoms with Crippen LogP contribution in [0, 0.1) is 12.8 Å². The van der Waals surface area contributed by atoms with Gasteiger partial charge in [-0.25, -0.2) is 4.98 Å². The molecule has 1 aromatic heterocycles. The Labute approximate surface area is 129 Å². The zero-order valence-electron chi connectivity index (χ0n) is 11.4. The Morgan fingerprint density at radius 3 is 2.50 bits per heavy atom. The van der Waals surface area contributed by atoms with Gasteiger partial charge in [-0.15, -0.1) is 0 Å². The van der Waals surface area contributed by atoms with Crippen molar-refractivity contribution in [2.45, 2.75) is 26.7 Å². The van der Waals surface area contributed by atoms with E-state index in [0.717, 1.165) is 12.8 Å². The third-order valence-corrected chi connectivity index (χ3v) is 5.43. The van der Waals surface area contributed by atoms with Gasteiger partial charge in [0.1, 0.15) is 5.15 Å². The Balaban J connectivity index is 2.21. The fourth-order valence-electron chi connectivity index (χ4n) is 2.14. The highest BCUT2D eigenvalue weighted by molar-refractivity contribution is 7.90. The molecule has 1 aliphatic heterocycles. The molecule has 0 amide bonds. The maximum Gasteiger partial charge on any atom is 0.301 e. The van der Waals surface area contributed by atoms with Gasteiger partial charge in [0.2, 0.25) is 0 Å². The van der Waals surface area contributed by atoms with E-state index < -0.39 is 10.2 Å². The number of anilines is 1. The van der Waals surface area contributed by atoms with Crippen molar-refractivity contribution in [3.8, 4) is 0 Å². The van der Waals surface area contributed by atoms with Crippen molar-refractivity contribution in [2.24, 2.45) is 5.92 Å². The highest BCUT2D eigenvalue weighted by Crippen LogP contribution is 2.28. The summed E-state index contributed by atoms with van der Waals surface area (Å²) in [7, 11) is -3.60. The van der Waals surface area contributed by atoms with Crippen molar-refractivity contribution in [1.82, 2.24) is 9.29 Å². The predicted octanol–water partition coefficient (Wildman–Crippen LogP) is 3.09. The number of pyridine rings is 1. The number of rotatable bonds is 3. The first-order chi connectivity index (χ1) is 9.29. The molecular weight excluding hydrogens is 321 g/mol. The number of halogens is 2. The van der Waals surface area contributed by atoms with Crippen molar-refractivity contribution >= 4 is 39.1 Å². The Hall–Kier alpha value is -0.560. The molecule has 20 heavy (non-hydrogen) atoms. The summed E-state index contributed by atoms with van der Waals surface area (Å²) in [6, 6.07) is 1.57. The molecule has 0 aromatic carbocycles. The summed E-state index contributed by atoms with van der Waals surface area (Å²) in [6.07, 6.45) is 1.74. The minimum Gasteiger partial charge on any atom is -0.268 e. The van der Waals surface area contributed by atoms with Gasteiger partial charge in [-0.3, -0.25) is 4.72 Å². The molecule has 0 spiro atoms. The Morgan fingerprint density at radius 1 is 1.35 bits per heavy atom. The van der Waals surface area contributed by atoms with Gasteiger partial charge >= 0.3 is 10.2 Å². The number of nitrogens with zero attached hydrogens (tertiary/aromatic N) is 2. The van der Waals surface area contributed by atoms with Gasteiger partial charge < -0.3 is 0 Å². The molecule has 0 aliphatic carbocycles. The molecule has 5 nitrogen and oxygen atoms in total. The fourth-order valence-corrected chi connectivity index (χ4v) is 4.11. The van der Waals surface area contributed by atoms with Gasteiger partial charge in [0.05, 0.1) is 5.69 Å². The standard InChI is InChI=1S/C12H17Cl2N3O2S/c1-8-3-5-17(6-4-8)20(18,19)16-11-9(2)7-10(13)15-12(11)14/h7-8,16H,3-6H2,1-2H3. The monoisotopic (exact) mass is 337 g/mol. The molecule has 1 N–H and O–H groups in total. The third-order valence-electron chi connectivity index (χ3n) is 3.45. The molecule has 0 saturated carbocycles. The molecule has 8 heteroatoms. The van der Waals surface area contributed by atoms with Crippen LogP contribution in [0.1, 0.15) is 25.3 Å². The number of piperidine rings is 1. The van der Waals surface area contributed by atoms with Crippen LogP contribution in [0.15, 0.2) is 6.07 Å². The normalized spacial score (nSPS) is 18.2. The van der Waals surface area contributed by atoms with Gasteiger partial charge in [0, 0.05) is 13.1 Å². The van der Waals surface area contributed by atoms with E-state index in [1.807, 2.05) is 0 Å². The van der Waals surface area contributed by atoms with E-state index in [1.54, 1.807) is 13.0 Å². The first-order valence-corrected chi connectivity index (χ1v) is 8.59. The lowest BCUT2D eigenvalue weighted by Crippen LogP contribution is -2.41. The number of nitrogens with one attached hydrogen (secondary N) is 1. The molecule has 1 saturated heterocycles. The van der Waals surface area contributed by atoms with E-state index in [9.17, 15) is 8.42 Å². The first-order valence-electron chi connectivity index (χ1n) is 6.40. The summed E-state index contributed by atoms with van der Waals surface area (Å²) in [5, 5.41) is 0.297. The number of aryl methyl sites for hydroxylation is 1. The van der Waals surface area contributed by atoms with Crippen LogP contribution < -0.4 is 4.72 Å². The highest BCUT2D eigenvalue weighted by atomic mass is 35.5. The Kier molecular flexibility index (Phi) is 4.79. The molecule has 0 radical (unpaired) electrons. The van der Waals surface area contributed by atoms with Crippen molar-refractivity contribution in [3.05, 3.63) is 21.9 Å². The van der Waals surface area contributed by atoms with Crippen LogP contribution in [-0.2, 0) is 10.2 Å². The Bertz CT molecular complexity index is 576. The van der Waals surface area contributed by atoms with E-state index >= 15 is 0 Å². The van der Waals surface area contributed by atoms with Crippen LogP contribution in [0.3, 0.4) is 0 Å². The van der Waals surface area contributed by atoms with Crippen molar-refractivity contribution in [3.63, 3.8) is 0 Å². The van der Waals surface area contributed by atoms with E-state index in [-0.39, 0.29) is 16.0 Å². The van der Waals surface area contributed by atoms with Crippen molar-refractivity contribution in [1.29, 1.82) is 0 Å². The molecule has 1 aliphatic rings. The van der Waals surface area contributed by atoms with Crippen molar-refractivity contribution < 1.29 is 8.42 Å². The van der Waals surface area contributed by atoms with Crippen LogP contribution in [0.5, 0.6) is 0 Å². The van der Waals surface area contributed by atoms with E-state index in [1.165, 1.54) is 4.31 Å². The molecule has 0 atom stereocenters. The maximum absolute atomic E-state index is 12.3.